The van der Waals surface area contributed by atoms with Gasteiger partial charge >= 0.3 is 0 Å². The zero-order chi connectivity index (χ0) is 13.0. The minimum atomic E-state index is -0.574. The van der Waals surface area contributed by atoms with E-state index < -0.39 is 10.7 Å². The summed E-state index contributed by atoms with van der Waals surface area (Å²) in [7, 11) is 0. The molecule has 2 rings (SSSR count). The minimum Gasteiger partial charge on any atom is -0.377 e. The van der Waals surface area contributed by atoms with Gasteiger partial charge in [-0.05, 0) is 12.1 Å². The quantitative estimate of drug-likeness (QED) is 0.662. The molecule has 0 amide bonds. The average molecular weight is 248 g/mol. The van der Waals surface area contributed by atoms with E-state index in [9.17, 15) is 14.5 Å². The van der Waals surface area contributed by atoms with E-state index in [2.05, 4.69) is 15.3 Å². The molecule has 1 aromatic heterocycles. The standard InChI is InChI=1S/C11H9FN4O2/c12-10-2-1-9(16(17)18)5-11(10)14-6-8-3-4-13-7-15-8/h1-5,7,14H,6H2. The lowest BCUT2D eigenvalue weighted by Gasteiger charge is -2.06. The van der Waals surface area contributed by atoms with E-state index in [0.717, 1.165) is 18.2 Å². The molecule has 1 aromatic carbocycles. The van der Waals surface area contributed by atoms with Crippen LogP contribution in [0.1, 0.15) is 5.69 Å². The molecule has 92 valence electrons. The fourth-order valence-corrected chi connectivity index (χ4v) is 1.37. The van der Waals surface area contributed by atoms with E-state index >= 15 is 0 Å². The number of anilines is 1. The van der Waals surface area contributed by atoms with Gasteiger partial charge in [0.25, 0.3) is 5.69 Å². The van der Waals surface area contributed by atoms with Crippen molar-refractivity contribution < 1.29 is 9.31 Å². The molecule has 0 unspecified atom stereocenters. The monoisotopic (exact) mass is 248 g/mol. The second kappa shape index (κ2) is 5.17. The van der Waals surface area contributed by atoms with Crippen molar-refractivity contribution in [1.82, 2.24) is 9.97 Å². The fourth-order valence-electron chi connectivity index (χ4n) is 1.37. The highest BCUT2D eigenvalue weighted by Crippen LogP contribution is 2.21. The number of halogens is 1. The van der Waals surface area contributed by atoms with Crippen LogP contribution in [-0.4, -0.2) is 14.9 Å². The lowest BCUT2D eigenvalue weighted by atomic mass is 10.2. The summed E-state index contributed by atoms with van der Waals surface area (Å²) in [6.45, 7) is 0.264. The second-order valence-electron chi connectivity index (χ2n) is 3.48. The van der Waals surface area contributed by atoms with Gasteiger partial charge in [0.05, 0.1) is 22.8 Å². The average Bonchev–Trinajstić information content (AvgIpc) is 2.38. The maximum atomic E-state index is 13.4. The van der Waals surface area contributed by atoms with Gasteiger partial charge < -0.3 is 5.32 Å². The number of nitrogens with zero attached hydrogens (tertiary/aromatic N) is 3. The summed E-state index contributed by atoms with van der Waals surface area (Å²) < 4.78 is 13.4. The lowest BCUT2D eigenvalue weighted by Crippen LogP contribution is -2.04. The van der Waals surface area contributed by atoms with Crippen molar-refractivity contribution in [3.8, 4) is 0 Å². The first kappa shape index (κ1) is 11.9. The molecule has 0 saturated carbocycles. The van der Waals surface area contributed by atoms with Crippen LogP contribution in [0.2, 0.25) is 0 Å². The number of rotatable bonds is 4. The van der Waals surface area contributed by atoms with E-state index in [1.54, 1.807) is 12.3 Å². The van der Waals surface area contributed by atoms with Gasteiger partial charge in [-0.3, -0.25) is 10.1 Å². The van der Waals surface area contributed by atoms with Gasteiger partial charge in [-0.15, -0.1) is 0 Å². The first-order valence-corrected chi connectivity index (χ1v) is 5.09. The summed E-state index contributed by atoms with van der Waals surface area (Å²) in [5, 5.41) is 13.3. The predicted octanol–water partition coefficient (Wildman–Crippen LogP) is 2.14. The SMILES string of the molecule is O=[N+]([O-])c1ccc(F)c(NCc2ccncn2)c1. The van der Waals surface area contributed by atoms with E-state index in [1.807, 2.05) is 0 Å². The van der Waals surface area contributed by atoms with E-state index in [0.29, 0.717) is 5.69 Å². The zero-order valence-corrected chi connectivity index (χ0v) is 9.21. The third-order valence-corrected chi connectivity index (χ3v) is 2.26. The summed E-state index contributed by atoms with van der Waals surface area (Å²) in [5.74, 6) is -0.547. The summed E-state index contributed by atoms with van der Waals surface area (Å²) in [6, 6.07) is 4.99. The molecule has 0 aliphatic rings. The molecule has 0 spiro atoms. The van der Waals surface area contributed by atoms with E-state index in [4.69, 9.17) is 0 Å². The smallest absolute Gasteiger partial charge is 0.271 e. The molecule has 7 heteroatoms. The number of hydrogen-bond acceptors (Lipinski definition) is 5. The van der Waals surface area contributed by atoms with Gasteiger partial charge in [0.1, 0.15) is 12.1 Å². The Bertz CT molecular complexity index is 562. The molecule has 6 nitrogen and oxygen atoms in total. The van der Waals surface area contributed by atoms with Crippen molar-refractivity contribution in [1.29, 1.82) is 0 Å². The predicted molar refractivity (Wildman–Crippen MR) is 62.4 cm³/mol. The molecule has 0 aliphatic heterocycles. The van der Waals surface area contributed by atoms with E-state index in [-0.39, 0.29) is 17.9 Å². The molecule has 0 saturated heterocycles. The second-order valence-corrected chi connectivity index (χ2v) is 3.48. The molecule has 0 aliphatic carbocycles. The Labute approximate surface area is 102 Å². The normalized spacial score (nSPS) is 10.1. The summed E-state index contributed by atoms with van der Waals surface area (Å²) >= 11 is 0. The molecular formula is C11H9FN4O2. The zero-order valence-electron chi connectivity index (χ0n) is 9.21. The number of benzene rings is 1. The summed E-state index contributed by atoms with van der Waals surface area (Å²) in [5.41, 5.74) is 0.570. The van der Waals surface area contributed by atoms with Crippen LogP contribution in [-0.2, 0) is 6.54 Å². The number of nitro groups is 1. The van der Waals surface area contributed by atoms with Crippen LogP contribution in [0.3, 0.4) is 0 Å². The van der Waals surface area contributed by atoms with E-state index in [1.165, 1.54) is 6.33 Å². The Morgan fingerprint density at radius 3 is 2.89 bits per heavy atom. The van der Waals surface area contributed by atoms with Crippen LogP contribution in [0, 0.1) is 15.9 Å². The molecule has 0 radical (unpaired) electrons. The number of non-ortho nitro benzene ring substituents is 1. The number of nitro benzene ring substituents is 1. The molecule has 2 aromatic rings. The Morgan fingerprint density at radius 2 is 2.22 bits per heavy atom. The Morgan fingerprint density at radius 1 is 1.39 bits per heavy atom. The topological polar surface area (TPSA) is 81.0 Å². The third-order valence-electron chi connectivity index (χ3n) is 2.26. The maximum absolute atomic E-state index is 13.4. The molecule has 18 heavy (non-hydrogen) atoms. The summed E-state index contributed by atoms with van der Waals surface area (Å²) in [6.07, 6.45) is 2.94. The maximum Gasteiger partial charge on any atom is 0.271 e. The molecular weight excluding hydrogens is 239 g/mol. The molecule has 1 heterocycles. The lowest BCUT2D eigenvalue weighted by molar-refractivity contribution is -0.384. The highest BCUT2D eigenvalue weighted by atomic mass is 19.1. The van der Waals surface area contributed by atoms with Crippen LogP contribution in [0.25, 0.3) is 0 Å². The van der Waals surface area contributed by atoms with Gasteiger partial charge in [0.15, 0.2) is 0 Å². The number of nitrogens with one attached hydrogen (secondary N) is 1. The van der Waals surface area contributed by atoms with Crippen LogP contribution in [0.15, 0.2) is 36.8 Å². The van der Waals surface area contributed by atoms with Crippen molar-refractivity contribution in [2.45, 2.75) is 6.54 Å². The Balaban J connectivity index is 2.14. The van der Waals surface area contributed by atoms with Crippen molar-refractivity contribution in [3.05, 3.63) is 58.4 Å². The first-order chi connectivity index (χ1) is 8.66. The van der Waals surface area contributed by atoms with Gasteiger partial charge in [-0.1, -0.05) is 0 Å². The van der Waals surface area contributed by atoms with Gasteiger partial charge in [0, 0.05) is 18.3 Å². The van der Waals surface area contributed by atoms with Gasteiger partial charge in [-0.2, -0.15) is 0 Å². The molecule has 1 N–H and O–H groups in total. The molecule has 0 fully saturated rings. The van der Waals surface area contributed by atoms with Crippen LogP contribution in [0.5, 0.6) is 0 Å². The van der Waals surface area contributed by atoms with Gasteiger partial charge in [0.2, 0.25) is 0 Å². The highest BCUT2D eigenvalue weighted by molar-refractivity contribution is 5.52. The fraction of sp³-hybridized carbons (Fsp3) is 0.0909. The van der Waals surface area contributed by atoms with Crippen molar-refractivity contribution >= 4 is 11.4 Å². The largest absolute Gasteiger partial charge is 0.377 e. The van der Waals surface area contributed by atoms with Gasteiger partial charge in [-0.25, -0.2) is 14.4 Å². The van der Waals surface area contributed by atoms with Crippen LogP contribution < -0.4 is 5.32 Å². The van der Waals surface area contributed by atoms with Crippen LogP contribution >= 0.6 is 0 Å². The number of hydrogen-bond donors (Lipinski definition) is 1. The van der Waals surface area contributed by atoms with Crippen LogP contribution in [0.4, 0.5) is 15.8 Å². The first-order valence-electron chi connectivity index (χ1n) is 5.09. The highest BCUT2D eigenvalue weighted by Gasteiger charge is 2.10. The third kappa shape index (κ3) is 2.76. The molecule has 0 bridgehead atoms. The number of aromatic nitrogens is 2. The van der Waals surface area contributed by atoms with Crippen molar-refractivity contribution in [2.24, 2.45) is 0 Å². The molecule has 0 atom stereocenters. The Kier molecular flexibility index (Phi) is 3.42. The van der Waals surface area contributed by atoms with Crippen molar-refractivity contribution in [3.63, 3.8) is 0 Å². The van der Waals surface area contributed by atoms with Crippen molar-refractivity contribution in [2.75, 3.05) is 5.32 Å². The minimum absolute atomic E-state index is 0.0720. The Hall–Kier alpha value is -2.57. The summed E-state index contributed by atoms with van der Waals surface area (Å²) in [4.78, 5) is 17.7.